The quantitative estimate of drug-likeness (QED) is 0.890. The van der Waals surface area contributed by atoms with Crippen molar-refractivity contribution in [1.29, 1.82) is 0 Å². The van der Waals surface area contributed by atoms with Crippen LogP contribution in [0.4, 0.5) is 5.69 Å². The van der Waals surface area contributed by atoms with Gasteiger partial charge in [-0.1, -0.05) is 23.2 Å². The summed E-state index contributed by atoms with van der Waals surface area (Å²) in [6.07, 6.45) is 0.0688. The molecule has 5 heteroatoms. The molecule has 0 aliphatic rings. The van der Waals surface area contributed by atoms with Gasteiger partial charge in [-0.3, -0.25) is 4.79 Å². The van der Waals surface area contributed by atoms with Crippen LogP contribution in [0, 0.1) is 0 Å². The van der Waals surface area contributed by atoms with Gasteiger partial charge in [0.05, 0.1) is 17.1 Å². The van der Waals surface area contributed by atoms with Crippen molar-refractivity contribution in [3.05, 3.63) is 28.2 Å². The van der Waals surface area contributed by atoms with Crippen LogP contribution < -0.4 is 4.90 Å². The third-order valence-electron chi connectivity index (χ3n) is 1.98. The topological polar surface area (TPSA) is 40.5 Å². The summed E-state index contributed by atoms with van der Waals surface area (Å²) in [6, 6.07) is 5.10. The molecular formula is C10H11Cl2NO2. The van der Waals surface area contributed by atoms with E-state index in [9.17, 15) is 4.79 Å². The van der Waals surface area contributed by atoms with Gasteiger partial charge in [-0.05, 0) is 18.2 Å². The second kappa shape index (κ2) is 5.24. The fraction of sp³-hybridized carbons (Fsp3) is 0.300. The van der Waals surface area contributed by atoms with Crippen molar-refractivity contribution in [3.8, 4) is 0 Å². The fourth-order valence-corrected chi connectivity index (χ4v) is 1.59. The van der Waals surface area contributed by atoms with Gasteiger partial charge in [0.15, 0.2) is 0 Å². The number of nitrogens with zero attached hydrogens (tertiary/aromatic N) is 1. The van der Waals surface area contributed by atoms with Gasteiger partial charge in [-0.15, -0.1) is 0 Å². The molecule has 0 saturated carbocycles. The Morgan fingerprint density at radius 3 is 2.73 bits per heavy atom. The van der Waals surface area contributed by atoms with Gasteiger partial charge in [0.2, 0.25) is 0 Å². The van der Waals surface area contributed by atoms with Gasteiger partial charge in [-0.2, -0.15) is 0 Å². The average molecular weight is 248 g/mol. The van der Waals surface area contributed by atoms with Gasteiger partial charge in [0.25, 0.3) is 0 Å². The van der Waals surface area contributed by atoms with E-state index < -0.39 is 5.97 Å². The minimum absolute atomic E-state index is 0.0688. The van der Waals surface area contributed by atoms with Crippen LogP contribution in [0.5, 0.6) is 0 Å². The van der Waals surface area contributed by atoms with E-state index in [1.54, 1.807) is 30.1 Å². The van der Waals surface area contributed by atoms with Crippen molar-refractivity contribution < 1.29 is 9.90 Å². The highest BCUT2D eigenvalue weighted by Gasteiger charge is 2.08. The molecule has 1 rings (SSSR count). The Morgan fingerprint density at radius 2 is 2.13 bits per heavy atom. The van der Waals surface area contributed by atoms with Crippen LogP contribution in [0.15, 0.2) is 18.2 Å². The highest BCUT2D eigenvalue weighted by molar-refractivity contribution is 6.35. The molecule has 0 aliphatic carbocycles. The number of benzene rings is 1. The number of halogens is 2. The molecule has 0 amide bonds. The Hall–Kier alpha value is -0.930. The van der Waals surface area contributed by atoms with Crippen LogP contribution >= 0.6 is 23.2 Å². The molecule has 1 aromatic rings. The monoisotopic (exact) mass is 247 g/mol. The van der Waals surface area contributed by atoms with E-state index in [1.165, 1.54) is 0 Å². The molecule has 1 N–H and O–H groups in total. The average Bonchev–Trinajstić information content (AvgIpc) is 2.18. The zero-order valence-electron chi connectivity index (χ0n) is 8.20. The predicted octanol–water partition coefficient (Wildman–Crippen LogP) is 2.90. The third kappa shape index (κ3) is 3.61. The molecule has 0 atom stereocenters. The lowest BCUT2D eigenvalue weighted by Crippen LogP contribution is -2.21. The lowest BCUT2D eigenvalue weighted by Gasteiger charge is -2.19. The van der Waals surface area contributed by atoms with Gasteiger partial charge in [-0.25, -0.2) is 0 Å². The number of rotatable bonds is 4. The van der Waals surface area contributed by atoms with Gasteiger partial charge in [0, 0.05) is 18.6 Å². The van der Waals surface area contributed by atoms with E-state index in [1.807, 2.05) is 0 Å². The Bertz CT molecular complexity index is 368. The molecular weight excluding hydrogens is 237 g/mol. The van der Waals surface area contributed by atoms with Crippen molar-refractivity contribution in [2.24, 2.45) is 0 Å². The Morgan fingerprint density at radius 1 is 1.47 bits per heavy atom. The summed E-state index contributed by atoms with van der Waals surface area (Å²) in [5, 5.41) is 9.69. The summed E-state index contributed by atoms with van der Waals surface area (Å²) >= 11 is 11.8. The minimum atomic E-state index is -0.833. The number of hydrogen-bond acceptors (Lipinski definition) is 2. The second-order valence-electron chi connectivity index (χ2n) is 3.16. The van der Waals surface area contributed by atoms with Crippen molar-refractivity contribution in [2.45, 2.75) is 6.42 Å². The van der Waals surface area contributed by atoms with Crippen molar-refractivity contribution in [1.82, 2.24) is 0 Å². The summed E-state index contributed by atoms with van der Waals surface area (Å²) in [5.41, 5.74) is 0.741. The molecule has 0 aliphatic heterocycles. The predicted molar refractivity (Wildman–Crippen MR) is 62.0 cm³/mol. The molecule has 0 aromatic heterocycles. The molecule has 1 aromatic carbocycles. The van der Waals surface area contributed by atoms with Crippen LogP contribution in [0.3, 0.4) is 0 Å². The number of aliphatic carboxylic acids is 1. The second-order valence-corrected chi connectivity index (χ2v) is 4.00. The lowest BCUT2D eigenvalue weighted by atomic mass is 10.3. The van der Waals surface area contributed by atoms with Crippen LogP contribution in [0.25, 0.3) is 0 Å². The van der Waals surface area contributed by atoms with Crippen LogP contribution in [0.1, 0.15) is 6.42 Å². The van der Waals surface area contributed by atoms with Gasteiger partial charge in [0.1, 0.15) is 0 Å². The molecule has 15 heavy (non-hydrogen) atoms. The maximum Gasteiger partial charge on any atom is 0.305 e. The summed E-state index contributed by atoms with van der Waals surface area (Å²) in [7, 11) is 1.78. The molecule has 0 heterocycles. The first-order valence-electron chi connectivity index (χ1n) is 4.38. The van der Waals surface area contributed by atoms with E-state index in [4.69, 9.17) is 28.3 Å². The normalized spacial score (nSPS) is 10.1. The van der Waals surface area contributed by atoms with Crippen molar-refractivity contribution in [2.75, 3.05) is 18.5 Å². The van der Waals surface area contributed by atoms with E-state index in [2.05, 4.69) is 0 Å². The van der Waals surface area contributed by atoms with E-state index in [-0.39, 0.29) is 6.42 Å². The molecule has 0 saturated heterocycles. The fourth-order valence-electron chi connectivity index (χ4n) is 1.16. The first-order chi connectivity index (χ1) is 7.00. The Kier molecular flexibility index (Phi) is 4.24. The van der Waals surface area contributed by atoms with Crippen LogP contribution in [-0.4, -0.2) is 24.7 Å². The minimum Gasteiger partial charge on any atom is -0.481 e. The first-order valence-corrected chi connectivity index (χ1v) is 5.14. The highest BCUT2D eigenvalue weighted by atomic mass is 35.5. The zero-order chi connectivity index (χ0) is 11.4. The highest BCUT2D eigenvalue weighted by Crippen LogP contribution is 2.28. The van der Waals surface area contributed by atoms with Crippen LogP contribution in [0.2, 0.25) is 10.0 Å². The summed E-state index contributed by atoms with van der Waals surface area (Å²) in [5.74, 6) is -0.833. The molecule has 0 unspecified atom stereocenters. The lowest BCUT2D eigenvalue weighted by molar-refractivity contribution is -0.136. The first kappa shape index (κ1) is 12.1. The number of carboxylic acids is 1. The molecule has 0 bridgehead atoms. The summed E-state index contributed by atoms with van der Waals surface area (Å²) in [4.78, 5) is 12.2. The van der Waals surface area contributed by atoms with Crippen LogP contribution in [-0.2, 0) is 4.79 Å². The number of anilines is 1. The third-order valence-corrected chi connectivity index (χ3v) is 2.54. The number of carboxylic acid groups (broad SMARTS) is 1. The maximum atomic E-state index is 10.4. The van der Waals surface area contributed by atoms with E-state index in [0.717, 1.165) is 5.69 Å². The molecule has 0 fully saturated rings. The molecule has 82 valence electrons. The number of carbonyl (C=O) groups is 1. The molecule has 3 nitrogen and oxygen atoms in total. The Balaban J connectivity index is 2.76. The SMILES string of the molecule is CN(CCC(=O)O)c1cc(Cl)ccc1Cl. The van der Waals surface area contributed by atoms with Gasteiger partial charge < -0.3 is 10.0 Å². The summed E-state index contributed by atoms with van der Waals surface area (Å²) < 4.78 is 0. The number of hydrogen-bond donors (Lipinski definition) is 1. The molecule has 0 radical (unpaired) electrons. The van der Waals surface area contributed by atoms with Crippen molar-refractivity contribution >= 4 is 34.9 Å². The Labute approximate surface area is 98.2 Å². The largest absolute Gasteiger partial charge is 0.481 e. The molecule has 0 spiro atoms. The zero-order valence-corrected chi connectivity index (χ0v) is 9.72. The van der Waals surface area contributed by atoms with E-state index in [0.29, 0.717) is 16.6 Å². The summed E-state index contributed by atoms with van der Waals surface area (Å²) in [6.45, 7) is 0.398. The smallest absolute Gasteiger partial charge is 0.305 e. The maximum absolute atomic E-state index is 10.4. The standard InChI is InChI=1S/C10H11Cl2NO2/c1-13(5-4-10(14)15)9-6-7(11)2-3-8(9)12/h2-3,6H,4-5H2,1H3,(H,14,15). The van der Waals surface area contributed by atoms with Gasteiger partial charge >= 0.3 is 5.97 Å². The van der Waals surface area contributed by atoms with E-state index >= 15 is 0 Å². The van der Waals surface area contributed by atoms with Crippen molar-refractivity contribution in [3.63, 3.8) is 0 Å².